The van der Waals surface area contributed by atoms with Crippen LogP contribution in [-0.2, 0) is 0 Å². The number of phenols is 1. The van der Waals surface area contributed by atoms with Gasteiger partial charge in [0.25, 0.3) is 5.82 Å². The van der Waals surface area contributed by atoms with Crippen molar-refractivity contribution in [2.75, 3.05) is 0 Å². The molecule has 0 saturated carbocycles. The smallest absolute Gasteiger partial charge is 0.273 e. The van der Waals surface area contributed by atoms with Gasteiger partial charge in [-0.2, -0.15) is 9.61 Å². The van der Waals surface area contributed by atoms with Gasteiger partial charge in [-0.1, -0.05) is 18.7 Å². The zero-order valence-electron chi connectivity index (χ0n) is 10.2. The van der Waals surface area contributed by atoms with E-state index in [-0.39, 0.29) is 5.75 Å². The van der Waals surface area contributed by atoms with Gasteiger partial charge in [-0.05, 0) is 24.6 Å². The standard InChI is InChI=1S/C14H10N4O/c1-9-3-4-10(7-12(9)19)11-8-13(15-2)17-14-5-6-16-18(11)14/h3-8,19H,1H3. The van der Waals surface area contributed by atoms with Gasteiger partial charge in [0.2, 0.25) is 5.65 Å². The highest BCUT2D eigenvalue weighted by atomic mass is 16.3. The Morgan fingerprint density at radius 2 is 2.11 bits per heavy atom. The highest BCUT2D eigenvalue weighted by Crippen LogP contribution is 2.28. The van der Waals surface area contributed by atoms with Crippen molar-refractivity contribution in [1.82, 2.24) is 14.6 Å². The minimum atomic E-state index is 0.221. The normalized spacial score (nSPS) is 10.5. The first kappa shape index (κ1) is 11.2. The zero-order chi connectivity index (χ0) is 13.4. The monoisotopic (exact) mass is 250 g/mol. The van der Waals surface area contributed by atoms with E-state index < -0.39 is 0 Å². The van der Waals surface area contributed by atoms with Crippen LogP contribution in [0.3, 0.4) is 0 Å². The summed E-state index contributed by atoms with van der Waals surface area (Å²) in [5, 5.41) is 14.0. The van der Waals surface area contributed by atoms with Gasteiger partial charge < -0.3 is 9.95 Å². The van der Waals surface area contributed by atoms with Gasteiger partial charge in [0, 0.05) is 11.6 Å². The quantitative estimate of drug-likeness (QED) is 0.675. The van der Waals surface area contributed by atoms with E-state index in [1.54, 1.807) is 28.9 Å². The summed E-state index contributed by atoms with van der Waals surface area (Å²) in [5.74, 6) is 0.530. The molecule has 0 fully saturated rings. The van der Waals surface area contributed by atoms with Crippen molar-refractivity contribution in [2.45, 2.75) is 6.92 Å². The Labute approximate surface area is 109 Å². The van der Waals surface area contributed by atoms with Crippen LogP contribution in [-0.4, -0.2) is 19.7 Å². The minimum Gasteiger partial charge on any atom is -0.508 e. The maximum atomic E-state index is 9.80. The first-order valence-electron chi connectivity index (χ1n) is 5.71. The van der Waals surface area contributed by atoms with Crippen LogP contribution in [0.25, 0.3) is 21.7 Å². The van der Waals surface area contributed by atoms with Crippen molar-refractivity contribution in [3.8, 4) is 17.0 Å². The molecule has 0 bridgehead atoms. The molecule has 0 unspecified atom stereocenters. The molecule has 5 nitrogen and oxygen atoms in total. The number of nitrogens with zero attached hydrogens (tertiary/aromatic N) is 4. The molecular formula is C14H10N4O. The van der Waals surface area contributed by atoms with E-state index in [0.29, 0.717) is 11.5 Å². The molecule has 2 heterocycles. The SMILES string of the molecule is [C-]#[N+]c1cc(-c2ccc(C)c(O)c2)n2nccc2n1. The lowest BCUT2D eigenvalue weighted by Crippen LogP contribution is -1.95. The van der Waals surface area contributed by atoms with E-state index in [1.807, 2.05) is 19.1 Å². The number of benzene rings is 1. The highest BCUT2D eigenvalue weighted by Gasteiger charge is 2.11. The van der Waals surface area contributed by atoms with E-state index in [0.717, 1.165) is 16.8 Å². The molecule has 2 aromatic heterocycles. The molecule has 92 valence electrons. The van der Waals surface area contributed by atoms with Crippen LogP contribution in [0.4, 0.5) is 5.82 Å². The Morgan fingerprint density at radius 1 is 1.26 bits per heavy atom. The predicted molar refractivity (Wildman–Crippen MR) is 71.1 cm³/mol. The van der Waals surface area contributed by atoms with E-state index in [9.17, 15) is 5.11 Å². The van der Waals surface area contributed by atoms with Gasteiger partial charge in [0.05, 0.1) is 11.9 Å². The fraction of sp³-hybridized carbons (Fsp3) is 0.0714. The molecule has 0 amide bonds. The van der Waals surface area contributed by atoms with Crippen LogP contribution >= 0.6 is 0 Å². The van der Waals surface area contributed by atoms with Crippen LogP contribution < -0.4 is 0 Å². The lowest BCUT2D eigenvalue weighted by molar-refractivity contribution is 0.471. The van der Waals surface area contributed by atoms with Crippen LogP contribution in [0, 0.1) is 13.5 Å². The molecule has 3 rings (SSSR count). The maximum absolute atomic E-state index is 9.80. The molecule has 3 aromatic rings. The number of rotatable bonds is 1. The molecule has 0 aliphatic carbocycles. The van der Waals surface area contributed by atoms with E-state index in [4.69, 9.17) is 6.57 Å². The Kier molecular flexibility index (Phi) is 2.43. The second kappa shape index (κ2) is 4.10. The van der Waals surface area contributed by atoms with Crippen LogP contribution in [0.5, 0.6) is 5.75 Å². The molecule has 0 saturated heterocycles. The minimum absolute atomic E-state index is 0.221. The molecule has 0 spiro atoms. The van der Waals surface area contributed by atoms with Gasteiger partial charge in [0.15, 0.2) is 0 Å². The van der Waals surface area contributed by atoms with E-state index in [2.05, 4.69) is 14.9 Å². The molecule has 0 aliphatic heterocycles. The van der Waals surface area contributed by atoms with Crippen molar-refractivity contribution >= 4 is 11.5 Å². The maximum Gasteiger partial charge on any atom is 0.273 e. The number of aromatic hydroxyl groups is 1. The zero-order valence-corrected chi connectivity index (χ0v) is 10.2. The van der Waals surface area contributed by atoms with E-state index >= 15 is 0 Å². The molecule has 1 N–H and O–H groups in total. The van der Waals surface area contributed by atoms with E-state index in [1.165, 1.54) is 0 Å². The lowest BCUT2D eigenvalue weighted by Gasteiger charge is -2.06. The fourth-order valence-corrected chi connectivity index (χ4v) is 1.93. The third kappa shape index (κ3) is 1.79. The summed E-state index contributed by atoms with van der Waals surface area (Å²) in [7, 11) is 0. The lowest BCUT2D eigenvalue weighted by atomic mass is 10.1. The van der Waals surface area contributed by atoms with Gasteiger partial charge >= 0.3 is 0 Å². The first-order valence-corrected chi connectivity index (χ1v) is 5.71. The average Bonchev–Trinajstić information content (AvgIpc) is 2.89. The largest absolute Gasteiger partial charge is 0.508 e. The van der Waals surface area contributed by atoms with Crippen molar-refractivity contribution in [1.29, 1.82) is 0 Å². The number of aromatic nitrogens is 3. The Balaban J connectivity index is 2.31. The molecule has 5 heteroatoms. The van der Waals surface area contributed by atoms with Gasteiger partial charge in [0.1, 0.15) is 5.75 Å². The van der Waals surface area contributed by atoms with Gasteiger partial charge in [-0.25, -0.2) is 0 Å². The summed E-state index contributed by atoms with van der Waals surface area (Å²) in [4.78, 5) is 7.53. The molecule has 19 heavy (non-hydrogen) atoms. The summed E-state index contributed by atoms with van der Waals surface area (Å²) >= 11 is 0. The number of aryl methyl sites for hydroxylation is 1. The summed E-state index contributed by atoms with van der Waals surface area (Å²) in [6.07, 6.45) is 1.63. The third-order valence-electron chi connectivity index (χ3n) is 2.97. The second-order valence-electron chi connectivity index (χ2n) is 4.21. The van der Waals surface area contributed by atoms with Gasteiger partial charge in [-0.15, -0.1) is 4.98 Å². The van der Waals surface area contributed by atoms with Crippen molar-refractivity contribution < 1.29 is 5.11 Å². The summed E-state index contributed by atoms with van der Waals surface area (Å²) in [6.45, 7) is 8.92. The van der Waals surface area contributed by atoms with Crippen LogP contribution in [0.2, 0.25) is 0 Å². The average molecular weight is 250 g/mol. The topological polar surface area (TPSA) is 54.8 Å². The first-order chi connectivity index (χ1) is 9.19. The van der Waals surface area contributed by atoms with Gasteiger partial charge in [-0.3, -0.25) is 0 Å². The van der Waals surface area contributed by atoms with Crippen LogP contribution in [0.15, 0.2) is 36.5 Å². The Bertz CT molecular complexity index is 814. The summed E-state index contributed by atoms with van der Waals surface area (Å²) in [6, 6.07) is 8.79. The fourth-order valence-electron chi connectivity index (χ4n) is 1.93. The Hall–Kier alpha value is -2.87. The van der Waals surface area contributed by atoms with Crippen molar-refractivity contribution in [3.05, 3.63) is 53.5 Å². The predicted octanol–water partition coefficient (Wildman–Crippen LogP) is 2.96. The summed E-state index contributed by atoms with van der Waals surface area (Å²) < 4.78 is 1.65. The molecule has 0 radical (unpaired) electrons. The number of phenolic OH excluding ortho intramolecular Hbond substituents is 1. The number of hydrogen-bond donors (Lipinski definition) is 1. The number of hydrogen-bond acceptors (Lipinski definition) is 3. The Morgan fingerprint density at radius 3 is 2.84 bits per heavy atom. The summed E-state index contributed by atoms with van der Waals surface area (Å²) in [5.41, 5.74) is 2.95. The van der Waals surface area contributed by atoms with Crippen molar-refractivity contribution in [2.24, 2.45) is 0 Å². The second-order valence-corrected chi connectivity index (χ2v) is 4.21. The highest BCUT2D eigenvalue weighted by molar-refractivity contribution is 5.68. The van der Waals surface area contributed by atoms with Crippen LogP contribution in [0.1, 0.15) is 5.56 Å². The molecule has 1 aromatic carbocycles. The van der Waals surface area contributed by atoms with Crippen molar-refractivity contribution in [3.63, 3.8) is 0 Å². The molecule has 0 aliphatic rings. The molecule has 0 atom stereocenters. The molecular weight excluding hydrogens is 240 g/mol. The number of fused-ring (bicyclic) bond motifs is 1. The third-order valence-corrected chi connectivity index (χ3v) is 2.97.